The van der Waals surface area contributed by atoms with Gasteiger partial charge in [-0.1, -0.05) is 11.3 Å². The minimum Gasteiger partial charge on any atom is -0.310 e. The molecule has 8 nitrogen and oxygen atoms in total. The van der Waals surface area contributed by atoms with Crippen molar-refractivity contribution < 1.29 is 13.3 Å². The molecule has 1 aromatic rings. The Morgan fingerprint density at radius 2 is 2.05 bits per heavy atom. The Labute approximate surface area is 124 Å². The van der Waals surface area contributed by atoms with Gasteiger partial charge in [-0.2, -0.15) is 11.8 Å². The van der Waals surface area contributed by atoms with Crippen molar-refractivity contribution in [1.29, 1.82) is 0 Å². The zero-order valence-corrected chi connectivity index (χ0v) is 12.8. The topological polar surface area (TPSA) is 127 Å². The lowest BCUT2D eigenvalue weighted by atomic mass is 10.2. The second-order valence-electron chi connectivity index (χ2n) is 4.19. The first-order valence-electron chi connectivity index (χ1n) is 5.79. The van der Waals surface area contributed by atoms with Crippen LogP contribution in [0.25, 0.3) is 0 Å². The first-order valence-corrected chi connectivity index (χ1v) is 9.24. The number of nitro groups is 1. The van der Waals surface area contributed by atoms with Crippen molar-refractivity contribution in [3.8, 4) is 0 Å². The fourth-order valence-corrected chi connectivity index (χ4v) is 5.49. The highest BCUT2D eigenvalue weighted by atomic mass is 32.2. The van der Waals surface area contributed by atoms with Gasteiger partial charge in [-0.3, -0.25) is 10.1 Å². The van der Waals surface area contributed by atoms with Crippen LogP contribution >= 0.6 is 23.1 Å². The van der Waals surface area contributed by atoms with Gasteiger partial charge in [0.2, 0.25) is 0 Å². The molecule has 0 atom stereocenters. The summed E-state index contributed by atoms with van der Waals surface area (Å²) in [6, 6.07) is 0.913. The molecule has 0 unspecified atom stereocenters. The summed E-state index contributed by atoms with van der Waals surface area (Å²) in [4.78, 5) is 10.1. The maximum Gasteiger partial charge on any atom is 0.306 e. The number of anilines is 1. The van der Waals surface area contributed by atoms with E-state index < -0.39 is 14.9 Å². The summed E-state index contributed by atoms with van der Waals surface area (Å²) >= 11 is 2.54. The van der Waals surface area contributed by atoms with Crippen molar-refractivity contribution >= 4 is 43.8 Å². The van der Waals surface area contributed by atoms with Crippen LogP contribution in [0.2, 0.25) is 0 Å². The third-order valence-electron chi connectivity index (χ3n) is 2.83. The third-order valence-corrected chi connectivity index (χ3v) is 6.92. The van der Waals surface area contributed by atoms with Crippen LogP contribution in [0.3, 0.4) is 0 Å². The molecule has 2 heterocycles. The van der Waals surface area contributed by atoms with Crippen molar-refractivity contribution in [3.63, 3.8) is 0 Å². The summed E-state index contributed by atoms with van der Waals surface area (Å²) in [6.07, 6.45) is 1.53. The Morgan fingerprint density at radius 3 is 2.55 bits per heavy atom. The monoisotopic (exact) mass is 338 g/mol. The first-order chi connectivity index (χ1) is 9.44. The first kappa shape index (κ1) is 15.5. The van der Waals surface area contributed by atoms with Gasteiger partial charge in [0.15, 0.2) is 5.00 Å². The summed E-state index contributed by atoms with van der Waals surface area (Å²) in [5.41, 5.74) is 1.82. The Bertz CT molecular complexity index is 594. The number of hydrogen-bond donors (Lipinski definition) is 3. The fourth-order valence-electron chi connectivity index (χ4n) is 1.82. The minimum absolute atomic E-state index is 0.0228. The van der Waals surface area contributed by atoms with E-state index in [9.17, 15) is 18.5 Å². The molecule has 0 bridgehead atoms. The second-order valence-corrected chi connectivity index (χ2v) is 8.41. The molecular weight excluding hydrogens is 324 g/mol. The van der Waals surface area contributed by atoms with Gasteiger partial charge in [-0.15, -0.1) is 0 Å². The number of nitrogens with zero attached hydrogens (tertiary/aromatic N) is 1. The molecular formula is C9H14N4O4S3. The highest BCUT2D eigenvalue weighted by molar-refractivity contribution is 7.99. The average Bonchev–Trinajstić information content (AvgIpc) is 2.84. The van der Waals surface area contributed by atoms with Gasteiger partial charge in [0.05, 0.1) is 4.92 Å². The van der Waals surface area contributed by atoms with E-state index in [1.54, 1.807) is 11.8 Å². The number of thiophene rings is 1. The van der Waals surface area contributed by atoms with E-state index in [1.165, 1.54) is 0 Å². The molecule has 20 heavy (non-hydrogen) atoms. The van der Waals surface area contributed by atoms with Crippen LogP contribution in [-0.4, -0.2) is 30.9 Å². The summed E-state index contributed by atoms with van der Waals surface area (Å²) in [5.74, 6) is 6.99. The van der Waals surface area contributed by atoms with Crippen LogP contribution in [0.1, 0.15) is 12.8 Å². The lowest BCUT2D eigenvalue weighted by Crippen LogP contribution is -2.36. The molecule has 1 saturated heterocycles. The van der Waals surface area contributed by atoms with Gasteiger partial charge in [0.25, 0.3) is 10.0 Å². The molecule has 0 amide bonds. The normalized spacial score (nSPS) is 17.1. The predicted molar refractivity (Wildman–Crippen MR) is 79.5 cm³/mol. The van der Waals surface area contributed by atoms with E-state index in [-0.39, 0.29) is 20.9 Å². The van der Waals surface area contributed by atoms with Crippen LogP contribution in [0.15, 0.2) is 10.3 Å². The van der Waals surface area contributed by atoms with Crippen LogP contribution in [0.4, 0.5) is 10.7 Å². The highest BCUT2D eigenvalue weighted by Gasteiger charge is 2.28. The summed E-state index contributed by atoms with van der Waals surface area (Å²) in [5, 5.41) is 10.8. The largest absolute Gasteiger partial charge is 0.310 e. The summed E-state index contributed by atoms with van der Waals surface area (Å²) in [7, 11) is -3.75. The molecule has 11 heteroatoms. The quantitative estimate of drug-likeness (QED) is 0.417. The summed E-state index contributed by atoms with van der Waals surface area (Å²) < 4.78 is 26.9. The van der Waals surface area contributed by atoms with Gasteiger partial charge in [0.1, 0.15) is 4.21 Å². The number of rotatable bonds is 5. The maximum atomic E-state index is 12.2. The number of hydrazine groups is 1. The number of hydrogen-bond acceptors (Lipinski definition) is 8. The molecule has 0 aromatic carbocycles. The van der Waals surface area contributed by atoms with Crippen molar-refractivity contribution in [1.82, 2.24) is 4.72 Å². The van der Waals surface area contributed by atoms with Crippen molar-refractivity contribution in [2.45, 2.75) is 23.1 Å². The third kappa shape index (κ3) is 3.41. The Balaban J connectivity index is 2.22. The SMILES string of the molecule is NNc1sc(S(=O)(=O)NC2CCSCC2)cc1[N+](=O)[O-]. The van der Waals surface area contributed by atoms with E-state index in [0.717, 1.165) is 41.8 Å². The Hall–Kier alpha value is -0.880. The predicted octanol–water partition coefficient (Wildman–Crippen LogP) is 1.12. The van der Waals surface area contributed by atoms with Gasteiger partial charge >= 0.3 is 5.69 Å². The lowest BCUT2D eigenvalue weighted by molar-refractivity contribution is -0.383. The van der Waals surface area contributed by atoms with E-state index in [1.807, 2.05) is 0 Å². The molecule has 0 aliphatic carbocycles. The van der Waals surface area contributed by atoms with Crippen molar-refractivity contribution in [2.24, 2.45) is 5.84 Å². The smallest absolute Gasteiger partial charge is 0.306 e. The molecule has 1 aliphatic heterocycles. The number of thioether (sulfide) groups is 1. The van der Waals surface area contributed by atoms with Gasteiger partial charge < -0.3 is 5.43 Å². The van der Waals surface area contributed by atoms with Gasteiger partial charge in [-0.25, -0.2) is 19.0 Å². The standard InChI is InChI=1S/C9H14N4O4S3/c10-11-9-7(13(14)15)5-8(19-9)20(16,17)12-6-1-3-18-4-2-6/h5-6,11-12H,1-4,10H2. The zero-order valence-electron chi connectivity index (χ0n) is 10.4. The Kier molecular flexibility index (Phi) is 4.86. The lowest BCUT2D eigenvalue weighted by Gasteiger charge is -2.21. The zero-order chi connectivity index (χ0) is 14.8. The molecule has 1 fully saturated rings. The Morgan fingerprint density at radius 1 is 1.40 bits per heavy atom. The number of nitrogens with one attached hydrogen (secondary N) is 2. The van der Waals surface area contributed by atoms with E-state index in [0.29, 0.717) is 0 Å². The van der Waals surface area contributed by atoms with Crippen molar-refractivity contribution in [3.05, 3.63) is 16.2 Å². The van der Waals surface area contributed by atoms with E-state index in [4.69, 9.17) is 5.84 Å². The second kappa shape index (κ2) is 6.26. The molecule has 0 radical (unpaired) electrons. The van der Waals surface area contributed by atoms with Gasteiger partial charge in [0, 0.05) is 12.1 Å². The number of nitrogen functional groups attached to an aromatic ring is 1. The molecule has 1 aromatic heterocycles. The molecule has 0 spiro atoms. The maximum absolute atomic E-state index is 12.2. The highest BCUT2D eigenvalue weighted by Crippen LogP contribution is 2.36. The van der Waals surface area contributed by atoms with Gasteiger partial charge in [-0.05, 0) is 24.3 Å². The van der Waals surface area contributed by atoms with E-state index in [2.05, 4.69) is 10.1 Å². The fraction of sp³-hybridized carbons (Fsp3) is 0.556. The number of nitrogens with two attached hydrogens (primary N) is 1. The van der Waals surface area contributed by atoms with E-state index >= 15 is 0 Å². The van der Waals surface area contributed by atoms with Crippen LogP contribution < -0.4 is 16.0 Å². The van der Waals surface area contributed by atoms with Crippen LogP contribution in [0.5, 0.6) is 0 Å². The molecule has 0 saturated carbocycles. The van der Waals surface area contributed by atoms with Crippen LogP contribution in [-0.2, 0) is 10.0 Å². The molecule has 1 aliphatic rings. The van der Waals surface area contributed by atoms with Crippen LogP contribution in [0, 0.1) is 10.1 Å². The molecule has 4 N–H and O–H groups in total. The average molecular weight is 338 g/mol. The summed E-state index contributed by atoms with van der Waals surface area (Å²) in [6.45, 7) is 0. The number of sulfonamides is 1. The molecule has 112 valence electrons. The minimum atomic E-state index is -3.75. The van der Waals surface area contributed by atoms with Crippen molar-refractivity contribution in [2.75, 3.05) is 16.9 Å². The molecule has 2 rings (SSSR count).